The van der Waals surface area contributed by atoms with Crippen molar-refractivity contribution in [2.24, 2.45) is 11.1 Å². The van der Waals surface area contributed by atoms with Crippen molar-refractivity contribution in [3.05, 3.63) is 29.6 Å². The van der Waals surface area contributed by atoms with Gasteiger partial charge >= 0.3 is 0 Å². The van der Waals surface area contributed by atoms with Gasteiger partial charge in [-0.05, 0) is 42.5 Å². The van der Waals surface area contributed by atoms with Crippen molar-refractivity contribution in [2.75, 3.05) is 39.8 Å². The molecule has 29 heavy (non-hydrogen) atoms. The molecule has 1 aromatic rings. The zero-order chi connectivity index (χ0) is 19.3. The molecule has 0 spiro atoms. The first kappa shape index (κ1) is 26.0. The standard InChI is InChI=1S/C21H32FN3O2.2ClH/c1-27-19-6-5-17(13-18(19)22)15-24-9-11-25(12-10-24)20(26)14-21(16-23)7-3-2-4-8-21;;/h5-6,13H,2-4,7-12,14-16,23H2,1H3;2*1H. The number of piperazine rings is 1. The Balaban J connectivity index is 0.00000210. The summed E-state index contributed by atoms with van der Waals surface area (Å²) in [6.45, 7) is 4.40. The minimum atomic E-state index is -0.330. The van der Waals surface area contributed by atoms with Crippen molar-refractivity contribution in [1.82, 2.24) is 9.80 Å². The number of carbonyl (C=O) groups is 1. The number of carbonyl (C=O) groups excluding carboxylic acids is 1. The molecular weight excluding hydrogens is 416 g/mol. The molecule has 5 nitrogen and oxygen atoms in total. The lowest BCUT2D eigenvalue weighted by atomic mass is 9.71. The molecule has 1 saturated heterocycles. The molecule has 1 aliphatic carbocycles. The highest BCUT2D eigenvalue weighted by molar-refractivity contribution is 5.85. The molecular formula is C21H34Cl2FN3O2. The molecule has 1 aromatic carbocycles. The quantitative estimate of drug-likeness (QED) is 0.720. The molecule has 1 aliphatic heterocycles. The van der Waals surface area contributed by atoms with E-state index in [0.717, 1.165) is 44.6 Å². The third-order valence-corrected chi connectivity index (χ3v) is 6.22. The Kier molecular flexibility index (Phi) is 10.7. The zero-order valence-corrected chi connectivity index (χ0v) is 18.8. The summed E-state index contributed by atoms with van der Waals surface area (Å²) in [4.78, 5) is 17.1. The molecule has 2 aliphatic rings. The van der Waals surface area contributed by atoms with Crippen LogP contribution in [-0.4, -0.2) is 55.5 Å². The Bertz CT molecular complexity index is 649. The summed E-state index contributed by atoms with van der Waals surface area (Å²) in [6, 6.07) is 5.10. The first-order chi connectivity index (χ1) is 13.0. The first-order valence-corrected chi connectivity index (χ1v) is 10.1. The molecule has 0 radical (unpaired) electrons. The van der Waals surface area contributed by atoms with Crippen molar-refractivity contribution in [2.45, 2.75) is 45.1 Å². The fraction of sp³-hybridized carbons (Fsp3) is 0.667. The number of nitrogens with two attached hydrogens (primary N) is 1. The number of halogens is 3. The lowest BCUT2D eigenvalue weighted by Crippen LogP contribution is -2.50. The van der Waals surface area contributed by atoms with Crippen molar-refractivity contribution in [3.63, 3.8) is 0 Å². The average molecular weight is 450 g/mol. The van der Waals surface area contributed by atoms with Crippen molar-refractivity contribution in [3.8, 4) is 5.75 Å². The number of hydrogen-bond donors (Lipinski definition) is 1. The molecule has 2 fully saturated rings. The Morgan fingerprint density at radius 1 is 1.14 bits per heavy atom. The minimum Gasteiger partial charge on any atom is -0.494 e. The minimum absolute atomic E-state index is 0. The number of benzene rings is 1. The van der Waals surface area contributed by atoms with Crippen molar-refractivity contribution in [1.29, 1.82) is 0 Å². The van der Waals surface area contributed by atoms with E-state index in [-0.39, 0.29) is 47.7 Å². The highest BCUT2D eigenvalue weighted by Gasteiger charge is 2.35. The van der Waals surface area contributed by atoms with E-state index >= 15 is 0 Å². The average Bonchev–Trinajstić information content (AvgIpc) is 2.69. The van der Waals surface area contributed by atoms with E-state index in [4.69, 9.17) is 10.5 Å². The molecule has 166 valence electrons. The fourth-order valence-corrected chi connectivity index (χ4v) is 4.41. The van der Waals surface area contributed by atoms with Gasteiger partial charge in [-0.25, -0.2) is 4.39 Å². The molecule has 1 saturated carbocycles. The van der Waals surface area contributed by atoms with E-state index in [0.29, 0.717) is 19.5 Å². The maximum Gasteiger partial charge on any atom is 0.223 e. The first-order valence-electron chi connectivity index (χ1n) is 10.1. The summed E-state index contributed by atoms with van der Waals surface area (Å²) in [7, 11) is 1.47. The van der Waals surface area contributed by atoms with Crippen LogP contribution in [0, 0.1) is 11.2 Å². The van der Waals surface area contributed by atoms with E-state index in [2.05, 4.69) is 4.90 Å². The van der Waals surface area contributed by atoms with Gasteiger partial charge in [0.25, 0.3) is 0 Å². The normalized spacial score (nSPS) is 19.1. The van der Waals surface area contributed by atoms with Gasteiger partial charge in [0.05, 0.1) is 7.11 Å². The second kappa shape index (κ2) is 11.9. The predicted molar refractivity (Wildman–Crippen MR) is 118 cm³/mol. The SMILES string of the molecule is COc1ccc(CN2CCN(C(=O)CC3(CN)CCCCC3)CC2)cc1F.Cl.Cl. The van der Waals surface area contributed by atoms with Crippen LogP contribution in [0.15, 0.2) is 18.2 Å². The Morgan fingerprint density at radius 3 is 2.34 bits per heavy atom. The van der Waals surface area contributed by atoms with Crippen LogP contribution >= 0.6 is 24.8 Å². The number of amides is 1. The molecule has 2 N–H and O–H groups in total. The van der Waals surface area contributed by atoms with Gasteiger partial charge in [0, 0.05) is 39.1 Å². The molecule has 8 heteroatoms. The van der Waals surface area contributed by atoms with Crippen LogP contribution in [0.1, 0.15) is 44.1 Å². The second-order valence-electron chi connectivity index (χ2n) is 8.07. The number of rotatable bonds is 6. The van der Waals surface area contributed by atoms with Gasteiger partial charge < -0.3 is 15.4 Å². The van der Waals surface area contributed by atoms with Crippen molar-refractivity contribution >= 4 is 30.7 Å². The summed E-state index contributed by atoms with van der Waals surface area (Å²) in [5, 5.41) is 0. The topological polar surface area (TPSA) is 58.8 Å². The van der Waals surface area contributed by atoms with Crippen molar-refractivity contribution < 1.29 is 13.9 Å². The van der Waals surface area contributed by atoms with Crippen LogP contribution in [0.25, 0.3) is 0 Å². The van der Waals surface area contributed by atoms with Crippen LogP contribution in [-0.2, 0) is 11.3 Å². The van der Waals surface area contributed by atoms with Gasteiger partial charge in [0.15, 0.2) is 11.6 Å². The van der Waals surface area contributed by atoms with Gasteiger partial charge in [-0.15, -0.1) is 24.8 Å². The molecule has 3 rings (SSSR count). The Labute approximate surface area is 186 Å². The summed E-state index contributed by atoms with van der Waals surface area (Å²) >= 11 is 0. The van der Waals surface area contributed by atoms with Gasteiger partial charge in [-0.1, -0.05) is 25.3 Å². The largest absolute Gasteiger partial charge is 0.494 e. The lowest BCUT2D eigenvalue weighted by molar-refractivity contribution is -0.136. The van der Waals surface area contributed by atoms with Crippen LogP contribution in [0.5, 0.6) is 5.75 Å². The summed E-state index contributed by atoms with van der Waals surface area (Å²) in [6.07, 6.45) is 6.40. The second-order valence-corrected chi connectivity index (χ2v) is 8.07. The molecule has 1 amide bonds. The van der Waals surface area contributed by atoms with Gasteiger partial charge in [-0.2, -0.15) is 0 Å². The van der Waals surface area contributed by atoms with Gasteiger partial charge in [-0.3, -0.25) is 9.69 Å². The van der Waals surface area contributed by atoms with Crippen LogP contribution in [0.3, 0.4) is 0 Å². The lowest BCUT2D eigenvalue weighted by Gasteiger charge is -2.39. The Morgan fingerprint density at radius 2 is 1.79 bits per heavy atom. The van der Waals surface area contributed by atoms with Gasteiger partial charge in [0.2, 0.25) is 5.91 Å². The zero-order valence-electron chi connectivity index (χ0n) is 17.2. The molecule has 0 unspecified atom stereocenters. The maximum absolute atomic E-state index is 13.9. The maximum atomic E-state index is 13.9. The van der Waals surface area contributed by atoms with Gasteiger partial charge in [0.1, 0.15) is 0 Å². The van der Waals surface area contributed by atoms with Crippen LogP contribution < -0.4 is 10.5 Å². The highest BCUT2D eigenvalue weighted by atomic mass is 35.5. The molecule has 0 aromatic heterocycles. The number of ether oxygens (including phenoxy) is 1. The van der Waals surface area contributed by atoms with Crippen LogP contribution in [0.4, 0.5) is 4.39 Å². The highest BCUT2D eigenvalue weighted by Crippen LogP contribution is 2.38. The summed E-state index contributed by atoms with van der Waals surface area (Å²) in [5.74, 6) is 0.187. The van der Waals surface area contributed by atoms with E-state index in [1.807, 2.05) is 11.0 Å². The molecule has 0 bridgehead atoms. The molecule has 1 heterocycles. The number of hydrogen-bond acceptors (Lipinski definition) is 4. The third kappa shape index (κ3) is 6.71. The van der Waals surface area contributed by atoms with E-state index < -0.39 is 0 Å². The predicted octanol–water partition coefficient (Wildman–Crippen LogP) is 3.62. The fourth-order valence-electron chi connectivity index (χ4n) is 4.41. The smallest absolute Gasteiger partial charge is 0.223 e. The van der Waals surface area contributed by atoms with E-state index in [9.17, 15) is 9.18 Å². The summed E-state index contributed by atoms with van der Waals surface area (Å²) < 4.78 is 18.8. The third-order valence-electron chi connectivity index (χ3n) is 6.22. The van der Waals surface area contributed by atoms with E-state index in [1.54, 1.807) is 6.07 Å². The summed E-state index contributed by atoms with van der Waals surface area (Å²) in [5.41, 5.74) is 6.99. The Hall–Kier alpha value is -1.08. The monoisotopic (exact) mass is 449 g/mol. The number of nitrogens with zero attached hydrogens (tertiary/aromatic N) is 2. The van der Waals surface area contributed by atoms with Crippen LogP contribution in [0.2, 0.25) is 0 Å². The number of methoxy groups -OCH3 is 1. The molecule has 0 atom stereocenters. The van der Waals surface area contributed by atoms with E-state index in [1.165, 1.54) is 32.4 Å².